The highest BCUT2D eigenvalue weighted by atomic mass is 127. The predicted octanol–water partition coefficient (Wildman–Crippen LogP) is 5.11. The van der Waals surface area contributed by atoms with Gasteiger partial charge < -0.3 is 10.5 Å². The van der Waals surface area contributed by atoms with Gasteiger partial charge in [-0.2, -0.15) is 0 Å². The lowest BCUT2D eigenvalue weighted by atomic mass is 10.0. The van der Waals surface area contributed by atoms with Gasteiger partial charge in [-0.15, -0.1) is 11.3 Å². The van der Waals surface area contributed by atoms with E-state index in [9.17, 15) is 0 Å². The Morgan fingerprint density at radius 2 is 2.05 bits per heavy atom. The van der Waals surface area contributed by atoms with Crippen molar-refractivity contribution in [3.63, 3.8) is 0 Å². The first-order chi connectivity index (χ1) is 9.02. The van der Waals surface area contributed by atoms with Gasteiger partial charge in [0.1, 0.15) is 5.75 Å². The fourth-order valence-corrected chi connectivity index (χ4v) is 3.62. The standard InChI is InChI=1S/C13H12Cl2INOS/c1-2-18-11-5-9(14)8(4-10(11)15)13(17)7-3-12(16)19-6-7/h3-6,13H,2,17H2,1H3. The monoisotopic (exact) mass is 427 g/mol. The number of thiophene rings is 1. The number of halogens is 3. The number of benzene rings is 1. The molecule has 1 atom stereocenters. The number of hydrogen-bond acceptors (Lipinski definition) is 3. The number of rotatable bonds is 4. The average molecular weight is 428 g/mol. The van der Waals surface area contributed by atoms with Crippen LogP contribution in [0.5, 0.6) is 5.75 Å². The lowest BCUT2D eigenvalue weighted by Crippen LogP contribution is -2.11. The molecule has 102 valence electrons. The van der Waals surface area contributed by atoms with Gasteiger partial charge in [-0.3, -0.25) is 0 Å². The molecular formula is C13H12Cl2INOS. The normalized spacial score (nSPS) is 12.5. The van der Waals surface area contributed by atoms with E-state index in [1.165, 1.54) is 2.88 Å². The van der Waals surface area contributed by atoms with Crippen LogP contribution < -0.4 is 10.5 Å². The van der Waals surface area contributed by atoms with Gasteiger partial charge in [0.25, 0.3) is 0 Å². The Hall–Kier alpha value is -0.0100. The van der Waals surface area contributed by atoms with Crippen molar-refractivity contribution in [2.45, 2.75) is 13.0 Å². The number of ether oxygens (including phenoxy) is 1. The molecule has 19 heavy (non-hydrogen) atoms. The molecule has 2 N–H and O–H groups in total. The molecular weight excluding hydrogens is 416 g/mol. The van der Waals surface area contributed by atoms with Crippen LogP contribution in [0.2, 0.25) is 10.0 Å². The van der Waals surface area contributed by atoms with Gasteiger partial charge in [0.05, 0.1) is 20.6 Å². The van der Waals surface area contributed by atoms with Crippen LogP contribution in [0.25, 0.3) is 0 Å². The summed E-state index contributed by atoms with van der Waals surface area (Å²) in [6.45, 7) is 2.45. The Balaban J connectivity index is 2.37. The molecule has 0 aliphatic rings. The summed E-state index contributed by atoms with van der Waals surface area (Å²) in [5.74, 6) is 0.588. The second-order valence-electron chi connectivity index (χ2n) is 3.90. The molecule has 2 rings (SSSR count). The van der Waals surface area contributed by atoms with Crippen LogP contribution in [0.15, 0.2) is 23.6 Å². The maximum Gasteiger partial charge on any atom is 0.139 e. The van der Waals surface area contributed by atoms with Crippen LogP contribution in [0.4, 0.5) is 0 Å². The van der Waals surface area contributed by atoms with E-state index in [0.717, 1.165) is 11.1 Å². The molecule has 1 unspecified atom stereocenters. The Kier molecular flexibility index (Phi) is 5.37. The van der Waals surface area contributed by atoms with Crippen LogP contribution in [-0.2, 0) is 0 Å². The summed E-state index contributed by atoms with van der Waals surface area (Å²) in [5.41, 5.74) is 8.09. The zero-order valence-electron chi connectivity index (χ0n) is 10.1. The molecule has 0 aliphatic heterocycles. The molecule has 0 amide bonds. The molecule has 1 heterocycles. The van der Waals surface area contributed by atoms with E-state index < -0.39 is 0 Å². The summed E-state index contributed by atoms with van der Waals surface area (Å²) in [5, 5.41) is 3.14. The molecule has 0 saturated carbocycles. The summed E-state index contributed by atoms with van der Waals surface area (Å²) in [6.07, 6.45) is 0. The maximum absolute atomic E-state index is 6.27. The molecule has 0 fully saturated rings. The van der Waals surface area contributed by atoms with E-state index in [1.807, 2.05) is 12.3 Å². The Morgan fingerprint density at radius 1 is 1.32 bits per heavy atom. The summed E-state index contributed by atoms with van der Waals surface area (Å²) in [7, 11) is 0. The summed E-state index contributed by atoms with van der Waals surface area (Å²) >= 11 is 16.4. The molecule has 6 heteroatoms. The van der Waals surface area contributed by atoms with Crippen molar-refractivity contribution in [3.8, 4) is 5.75 Å². The van der Waals surface area contributed by atoms with Gasteiger partial charge >= 0.3 is 0 Å². The van der Waals surface area contributed by atoms with Crippen LogP contribution in [0, 0.1) is 2.88 Å². The lowest BCUT2D eigenvalue weighted by Gasteiger charge is -2.15. The lowest BCUT2D eigenvalue weighted by molar-refractivity contribution is 0.340. The van der Waals surface area contributed by atoms with Gasteiger partial charge in [-0.1, -0.05) is 23.2 Å². The third-order valence-electron chi connectivity index (χ3n) is 2.63. The second-order valence-corrected chi connectivity index (χ2v) is 7.52. The first-order valence-electron chi connectivity index (χ1n) is 5.64. The highest BCUT2D eigenvalue weighted by Crippen LogP contribution is 2.36. The zero-order valence-corrected chi connectivity index (χ0v) is 14.6. The van der Waals surface area contributed by atoms with Crippen LogP contribution in [-0.4, -0.2) is 6.61 Å². The summed E-state index contributed by atoms with van der Waals surface area (Å²) < 4.78 is 6.60. The van der Waals surface area contributed by atoms with Crippen LogP contribution >= 0.6 is 57.1 Å². The predicted molar refractivity (Wildman–Crippen MR) is 90.7 cm³/mol. The Morgan fingerprint density at radius 3 is 2.63 bits per heavy atom. The largest absolute Gasteiger partial charge is 0.492 e. The van der Waals surface area contributed by atoms with Crippen molar-refractivity contribution in [2.75, 3.05) is 6.61 Å². The molecule has 0 bridgehead atoms. The molecule has 2 aromatic rings. The average Bonchev–Trinajstić information content (AvgIpc) is 2.79. The van der Waals surface area contributed by atoms with Gasteiger partial charge in [-0.05, 0) is 58.2 Å². The summed E-state index contributed by atoms with van der Waals surface area (Å²) in [4.78, 5) is 0. The van der Waals surface area contributed by atoms with Crippen LogP contribution in [0.3, 0.4) is 0 Å². The third kappa shape index (κ3) is 3.55. The molecule has 0 aliphatic carbocycles. The van der Waals surface area contributed by atoms with Gasteiger partial charge in [0, 0.05) is 11.1 Å². The van der Waals surface area contributed by atoms with Crippen molar-refractivity contribution >= 4 is 57.1 Å². The van der Waals surface area contributed by atoms with Crippen molar-refractivity contribution < 1.29 is 4.74 Å². The molecule has 0 saturated heterocycles. The highest BCUT2D eigenvalue weighted by molar-refractivity contribution is 14.1. The minimum absolute atomic E-state index is 0.277. The summed E-state index contributed by atoms with van der Waals surface area (Å²) in [6, 6.07) is 5.28. The van der Waals surface area contributed by atoms with Gasteiger partial charge in [0.15, 0.2) is 0 Å². The van der Waals surface area contributed by atoms with E-state index in [2.05, 4.69) is 28.7 Å². The first kappa shape index (κ1) is 15.4. The molecule has 0 spiro atoms. The fourth-order valence-electron chi connectivity index (χ4n) is 1.71. The van der Waals surface area contributed by atoms with Crippen molar-refractivity contribution in [1.82, 2.24) is 0 Å². The van der Waals surface area contributed by atoms with Crippen LogP contribution in [0.1, 0.15) is 24.1 Å². The topological polar surface area (TPSA) is 35.2 Å². The van der Waals surface area contributed by atoms with Crippen molar-refractivity contribution in [3.05, 3.63) is 47.6 Å². The SMILES string of the molecule is CCOc1cc(Cl)c(C(N)c2csc(I)c2)cc1Cl. The number of hydrogen-bond donors (Lipinski definition) is 1. The quantitative estimate of drug-likeness (QED) is 0.688. The smallest absolute Gasteiger partial charge is 0.139 e. The van der Waals surface area contributed by atoms with Gasteiger partial charge in [-0.25, -0.2) is 0 Å². The molecule has 1 aromatic heterocycles. The van der Waals surface area contributed by atoms with E-state index in [-0.39, 0.29) is 6.04 Å². The second kappa shape index (κ2) is 6.63. The van der Waals surface area contributed by atoms with Crippen molar-refractivity contribution in [2.24, 2.45) is 5.73 Å². The third-order valence-corrected chi connectivity index (χ3v) is 5.06. The molecule has 2 nitrogen and oxygen atoms in total. The van der Waals surface area contributed by atoms with Gasteiger partial charge in [0.2, 0.25) is 0 Å². The minimum Gasteiger partial charge on any atom is -0.492 e. The Bertz CT molecular complexity index is 588. The molecule has 0 radical (unpaired) electrons. The van der Waals surface area contributed by atoms with E-state index in [4.69, 9.17) is 33.7 Å². The molecule has 1 aromatic carbocycles. The van der Waals surface area contributed by atoms with E-state index in [1.54, 1.807) is 23.5 Å². The minimum atomic E-state index is -0.277. The van der Waals surface area contributed by atoms with Crippen molar-refractivity contribution in [1.29, 1.82) is 0 Å². The zero-order chi connectivity index (χ0) is 14.0. The fraction of sp³-hybridized carbons (Fsp3) is 0.231. The maximum atomic E-state index is 6.27. The first-order valence-corrected chi connectivity index (χ1v) is 8.35. The van der Waals surface area contributed by atoms with E-state index >= 15 is 0 Å². The Labute approximate surface area is 140 Å². The highest BCUT2D eigenvalue weighted by Gasteiger charge is 2.17. The number of nitrogens with two attached hydrogens (primary N) is 1. The van der Waals surface area contributed by atoms with E-state index in [0.29, 0.717) is 22.4 Å².